The third-order valence-corrected chi connectivity index (χ3v) is 1.64. The van der Waals surface area contributed by atoms with Gasteiger partial charge < -0.3 is 26.0 Å². The van der Waals surface area contributed by atoms with Crippen molar-refractivity contribution < 1.29 is 24.9 Å². The zero-order valence-corrected chi connectivity index (χ0v) is 8.60. The first-order valence-electron chi connectivity index (χ1n) is 4.39. The van der Waals surface area contributed by atoms with Crippen LogP contribution in [0.1, 0.15) is 13.8 Å². The highest BCUT2D eigenvalue weighted by atomic mass is 16.4. The zero-order chi connectivity index (χ0) is 12.0. The van der Waals surface area contributed by atoms with Gasteiger partial charge in [-0.3, -0.25) is 9.59 Å². The van der Waals surface area contributed by atoms with E-state index in [1.54, 1.807) is 0 Å². The van der Waals surface area contributed by atoms with Crippen LogP contribution < -0.4 is 10.6 Å². The predicted octanol–water partition coefficient (Wildman–Crippen LogP) is -2.70. The fourth-order valence-corrected chi connectivity index (χ4v) is 0.975. The highest BCUT2D eigenvalue weighted by Crippen LogP contribution is 1.97. The van der Waals surface area contributed by atoms with Gasteiger partial charge in [-0.15, -0.1) is 0 Å². The number of nitrogens with one attached hydrogen (secondary N) is 2. The smallest absolute Gasteiger partial charge is 0.218 e. The Morgan fingerprint density at radius 2 is 1.53 bits per heavy atom. The molecule has 7 heteroatoms. The van der Waals surface area contributed by atoms with Gasteiger partial charge in [0.1, 0.15) is 18.4 Å². The number of hydrogen-bond donors (Lipinski definition) is 5. The molecule has 0 saturated heterocycles. The first-order valence-corrected chi connectivity index (χ1v) is 4.39. The second kappa shape index (κ2) is 6.33. The van der Waals surface area contributed by atoms with Crippen LogP contribution in [0.25, 0.3) is 0 Å². The molecule has 0 saturated carbocycles. The maximum atomic E-state index is 10.7. The third kappa shape index (κ3) is 5.31. The molecule has 7 nitrogen and oxygen atoms in total. The van der Waals surface area contributed by atoms with Gasteiger partial charge in [-0.1, -0.05) is 0 Å². The number of rotatable bonds is 5. The molecule has 0 aromatic carbocycles. The summed E-state index contributed by atoms with van der Waals surface area (Å²) in [6, 6.07) is 0. The highest BCUT2D eigenvalue weighted by molar-refractivity contribution is 5.76. The lowest BCUT2D eigenvalue weighted by molar-refractivity contribution is -0.126. The predicted molar refractivity (Wildman–Crippen MR) is 50.5 cm³/mol. The summed E-state index contributed by atoms with van der Waals surface area (Å²) in [5.41, 5.74) is 0. The molecule has 2 amide bonds. The molecule has 15 heavy (non-hydrogen) atoms. The van der Waals surface area contributed by atoms with Crippen molar-refractivity contribution in [1.82, 2.24) is 10.6 Å². The lowest BCUT2D eigenvalue weighted by Crippen LogP contribution is -2.57. The van der Waals surface area contributed by atoms with Crippen LogP contribution in [0, 0.1) is 0 Å². The Balaban J connectivity index is 4.45. The number of carbonyl (C=O) groups is 2. The van der Waals surface area contributed by atoms with Gasteiger partial charge in [-0.25, -0.2) is 0 Å². The molecule has 0 aromatic rings. The summed E-state index contributed by atoms with van der Waals surface area (Å²) in [4.78, 5) is 21.5. The van der Waals surface area contributed by atoms with E-state index in [4.69, 9.17) is 10.2 Å². The molecule has 0 aliphatic heterocycles. The van der Waals surface area contributed by atoms with Gasteiger partial charge in [-0.05, 0) is 0 Å². The summed E-state index contributed by atoms with van der Waals surface area (Å²) in [5, 5.41) is 31.6. The molecule has 88 valence electrons. The van der Waals surface area contributed by atoms with E-state index in [2.05, 4.69) is 10.6 Å². The van der Waals surface area contributed by atoms with Crippen LogP contribution >= 0.6 is 0 Å². The van der Waals surface area contributed by atoms with Crippen LogP contribution in [0.5, 0.6) is 0 Å². The minimum absolute atomic E-state index is 0.474. The van der Waals surface area contributed by atoms with Crippen molar-refractivity contribution in [1.29, 1.82) is 0 Å². The van der Waals surface area contributed by atoms with Gasteiger partial charge in [0.25, 0.3) is 0 Å². The maximum Gasteiger partial charge on any atom is 0.218 e. The molecule has 0 unspecified atom stereocenters. The second-order valence-corrected chi connectivity index (χ2v) is 3.12. The van der Waals surface area contributed by atoms with Gasteiger partial charge in [0.2, 0.25) is 11.8 Å². The summed E-state index contributed by atoms with van der Waals surface area (Å²) in [6.07, 6.45) is -4.03. The van der Waals surface area contributed by atoms with Crippen LogP contribution in [0.15, 0.2) is 0 Å². The van der Waals surface area contributed by atoms with Gasteiger partial charge in [0.15, 0.2) is 0 Å². The van der Waals surface area contributed by atoms with E-state index < -0.39 is 36.8 Å². The fourth-order valence-electron chi connectivity index (χ4n) is 0.975. The van der Waals surface area contributed by atoms with Crippen LogP contribution in [-0.2, 0) is 9.59 Å². The fraction of sp³-hybridized carbons (Fsp3) is 0.750. The molecule has 0 aromatic heterocycles. The number of hydrogen-bond acceptors (Lipinski definition) is 5. The Hall–Kier alpha value is -1.18. The first-order chi connectivity index (χ1) is 6.88. The monoisotopic (exact) mass is 220 g/mol. The molecular weight excluding hydrogens is 204 g/mol. The van der Waals surface area contributed by atoms with Crippen LogP contribution in [-0.4, -0.2) is 52.1 Å². The molecule has 0 aliphatic rings. The Bertz CT molecular complexity index is 217. The largest absolute Gasteiger partial charge is 0.394 e. The maximum absolute atomic E-state index is 10.7. The molecule has 0 radical (unpaired) electrons. The molecule has 2 atom stereocenters. The topological polar surface area (TPSA) is 119 Å². The van der Waals surface area contributed by atoms with Crippen LogP contribution in [0.2, 0.25) is 0 Å². The molecule has 0 heterocycles. The van der Waals surface area contributed by atoms with Crippen molar-refractivity contribution in [3.63, 3.8) is 0 Å². The van der Waals surface area contributed by atoms with Crippen molar-refractivity contribution in [3.8, 4) is 0 Å². The van der Waals surface area contributed by atoms with Crippen molar-refractivity contribution in [2.24, 2.45) is 0 Å². The lowest BCUT2D eigenvalue weighted by Gasteiger charge is -2.26. The average molecular weight is 220 g/mol. The van der Waals surface area contributed by atoms with Crippen LogP contribution in [0.4, 0.5) is 0 Å². The Kier molecular flexibility index (Phi) is 5.83. The third-order valence-electron chi connectivity index (χ3n) is 1.64. The van der Waals surface area contributed by atoms with E-state index in [1.807, 2.05) is 0 Å². The summed E-state index contributed by atoms with van der Waals surface area (Å²) in [6.45, 7) is 1.73. The van der Waals surface area contributed by atoms with Crippen LogP contribution in [0.3, 0.4) is 0 Å². The molecule has 0 bridgehead atoms. The van der Waals surface area contributed by atoms with E-state index in [0.717, 1.165) is 0 Å². The molecule has 0 aliphatic carbocycles. The van der Waals surface area contributed by atoms with Gasteiger partial charge in [0, 0.05) is 13.8 Å². The second-order valence-electron chi connectivity index (χ2n) is 3.12. The van der Waals surface area contributed by atoms with Gasteiger partial charge in [-0.2, -0.15) is 0 Å². The quantitative estimate of drug-likeness (QED) is 0.323. The summed E-state index contributed by atoms with van der Waals surface area (Å²) in [5.74, 6) is -0.948. The Morgan fingerprint density at radius 3 is 1.80 bits per heavy atom. The molecule has 0 rings (SSSR count). The number of amides is 2. The SMILES string of the molecule is CC(=O)NC(NC(C)=O)[C@@H](O)[C@@H](O)CO. The normalized spacial score (nSPS) is 14.5. The molecule has 5 N–H and O–H groups in total. The number of carbonyl (C=O) groups excluding carboxylic acids is 2. The minimum atomic E-state index is -1.47. The van der Waals surface area contributed by atoms with Crippen molar-refractivity contribution in [3.05, 3.63) is 0 Å². The Morgan fingerprint density at radius 1 is 1.13 bits per heavy atom. The first kappa shape index (κ1) is 13.8. The van der Waals surface area contributed by atoms with E-state index in [9.17, 15) is 14.7 Å². The highest BCUT2D eigenvalue weighted by Gasteiger charge is 2.27. The standard InChI is InChI=1S/C8H16N2O5/c1-4(12)9-8(10-5(2)13)7(15)6(14)3-11/h6-8,11,14-15H,3H2,1-2H3,(H,9,12)(H,10,13)/t6-,7-/m0/s1. The van der Waals surface area contributed by atoms with E-state index in [1.165, 1.54) is 13.8 Å². The molecule has 0 fully saturated rings. The number of aliphatic hydroxyl groups is 3. The molecule has 0 spiro atoms. The summed E-state index contributed by atoms with van der Waals surface area (Å²) in [7, 11) is 0. The Labute approximate surface area is 87.1 Å². The van der Waals surface area contributed by atoms with E-state index >= 15 is 0 Å². The van der Waals surface area contributed by atoms with Crippen molar-refractivity contribution >= 4 is 11.8 Å². The summed E-state index contributed by atoms with van der Waals surface area (Å²) < 4.78 is 0. The number of aliphatic hydroxyl groups excluding tert-OH is 3. The van der Waals surface area contributed by atoms with Crippen molar-refractivity contribution in [2.45, 2.75) is 32.2 Å². The minimum Gasteiger partial charge on any atom is -0.394 e. The van der Waals surface area contributed by atoms with Gasteiger partial charge in [0.05, 0.1) is 6.61 Å². The zero-order valence-electron chi connectivity index (χ0n) is 8.60. The van der Waals surface area contributed by atoms with Crippen molar-refractivity contribution in [2.75, 3.05) is 6.61 Å². The van der Waals surface area contributed by atoms with Gasteiger partial charge >= 0.3 is 0 Å². The lowest BCUT2D eigenvalue weighted by atomic mass is 10.1. The summed E-state index contributed by atoms with van der Waals surface area (Å²) >= 11 is 0. The van der Waals surface area contributed by atoms with E-state index in [-0.39, 0.29) is 0 Å². The molecular formula is C8H16N2O5. The van der Waals surface area contributed by atoms with E-state index in [0.29, 0.717) is 0 Å². The average Bonchev–Trinajstić information content (AvgIpc) is 2.13.